The van der Waals surface area contributed by atoms with Gasteiger partial charge in [-0.2, -0.15) is 26.3 Å². The summed E-state index contributed by atoms with van der Waals surface area (Å²) in [6.07, 6.45) is -14.9. The summed E-state index contributed by atoms with van der Waals surface area (Å²) < 4.78 is 97.3. The van der Waals surface area contributed by atoms with E-state index in [9.17, 15) is 30.9 Å². The lowest BCUT2D eigenvalue weighted by Crippen LogP contribution is -2.62. The Morgan fingerprint density at radius 3 is 1.80 bits per heavy atom. The summed E-state index contributed by atoms with van der Waals surface area (Å²) in [7, 11) is 0. The van der Waals surface area contributed by atoms with Gasteiger partial charge in [-0.05, 0) is 5.41 Å². The lowest BCUT2D eigenvalue weighted by Gasteiger charge is -2.46. The molecule has 0 aromatic rings. The van der Waals surface area contributed by atoms with Crippen molar-refractivity contribution >= 4 is 18.2 Å². The second-order valence-corrected chi connectivity index (χ2v) is 8.01. The highest BCUT2D eigenvalue weighted by Gasteiger charge is 2.77. The molecule has 0 unspecified atom stereocenters. The molecule has 0 aliphatic carbocycles. The maximum atomic E-state index is 12.9. The topological polar surface area (TPSA) is 35.5 Å². The zero-order valence-electron chi connectivity index (χ0n) is 10.6. The molecule has 0 radical (unpaired) electrons. The molecule has 20 heavy (non-hydrogen) atoms. The van der Waals surface area contributed by atoms with Gasteiger partial charge in [-0.15, -0.1) is 0 Å². The molecule has 1 rings (SSSR count). The lowest BCUT2D eigenvalue weighted by molar-refractivity contribution is -0.373. The van der Waals surface area contributed by atoms with Crippen LogP contribution >= 0.6 is 18.2 Å². The fourth-order valence-corrected chi connectivity index (χ4v) is 3.69. The molecule has 0 amide bonds. The van der Waals surface area contributed by atoms with E-state index >= 15 is 0 Å². The SMILES string of the molecule is CC(C)(C)[C@@H]1CC(C(F)(F)F)(C(F)(F)F)O[P@@](=O)(Cl)O1. The standard InChI is InChI=1S/C9H12ClF6O3P/c1-6(2,3)5-4-7(8(11,12)13,9(14,15)16)19-20(10,17)18-5/h5H,4H2,1-3H3/t5-,20+/m0/s1. The molecule has 0 aromatic heterocycles. The van der Waals surface area contributed by atoms with Crippen LogP contribution in [0.1, 0.15) is 27.2 Å². The second kappa shape index (κ2) is 4.76. The Bertz CT molecular complexity index is 413. The van der Waals surface area contributed by atoms with E-state index in [1.54, 1.807) is 0 Å². The Hall–Kier alpha value is 0.0200. The predicted molar refractivity (Wildman–Crippen MR) is 58.3 cm³/mol. The van der Waals surface area contributed by atoms with Crippen LogP contribution in [0, 0.1) is 5.41 Å². The van der Waals surface area contributed by atoms with Crippen LogP contribution in [0.25, 0.3) is 0 Å². The molecule has 120 valence electrons. The molecule has 1 heterocycles. The van der Waals surface area contributed by atoms with E-state index in [4.69, 9.17) is 11.2 Å². The van der Waals surface area contributed by atoms with Crippen LogP contribution < -0.4 is 0 Å². The summed E-state index contributed by atoms with van der Waals surface area (Å²) >= 11 is 5.08. The van der Waals surface area contributed by atoms with Gasteiger partial charge in [0.25, 0.3) is 5.60 Å². The third-order valence-corrected chi connectivity index (χ3v) is 4.35. The number of hydrogen-bond acceptors (Lipinski definition) is 3. The molecular formula is C9H12ClF6O3P. The Morgan fingerprint density at radius 1 is 1.10 bits per heavy atom. The van der Waals surface area contributed by atoms with Crippen molar-refractivity contribution in [2.45, 2.75) is 51.2 Å². The quantitative estimate of drug-likeness (QED) is 0.454. The monoisotopic (exact) mass is 348 g/mol. The average molecular weight is 349 g/mol. The van der Waals surface area contributed by atoms with Crippen molar-refractivity contribution in [1.29, 1.82) is 0 Å². The van der Waals surface area contributed by atoms with Crippen LogP contribution in [0.4, 0.5) is 26.3 Å². The molecule has 1 saturated heterocycles. The van der Waals surface area contributed by atoms with Gasteiger partial charge in [0.1, 0.15) is 0 Å². The van der Waals surface area contributed by atoms with Gasteiger partial charge in [0, 0.05) is 17.7 Å². The van der Waals surface area contributed by atoms with Gasteiger partial charge >= 0.3 is 19.3 Å². The van der Waals surface area contributed by atoms with Crippen LogP contribution in [-0.4, -0.2) is 24.1 Å². The zero-order chi connectivity index (χ0) is 16.2. The second-order valence-electron chi connectivity index (χ2n) is 5.51. The molecule has 0 spiro atoms. The summed E-state index contributed by atoms with van der Waals surface area (Å²) in [4.78, 5) is 0. The fourth-order valence-electron chi connectivity index (χ4n) is 1.66. The number of hydrogen-bond donors (Lipinski definition) is 0. The third kappa shape index (κ3) is 3.26. The van der Waals surface area contributed by atoms with Crippen molar-refractivity contribution < 1.29 is 40.0 Å². The van der Waals surface area contributed by atoms with Gasteiger partial charge in [0.15, 0.2) is 0 Å². The first kappa shape index (κ1) is 18.1. The fraction of sp³-hybridized carbons (Fsp3) is 1.00. The van der Waals surface area contributed by atoms with Crippen molar-refractivity contribution in [3.63, 3.8) is 0 Å². The van der Waals surface area contributed by atoms with Crippen molar-refractivity contribution in [3.8, 4) is 0 Å². The van der Waals surface area contributed by atoms with E-state index in [2.05, 4.69) is 9.05 Å². The molecule has 3 nitrogen and oxygen atoms in total. The molecule has 0 bridgehead atoms. The average Bonchev–Trinajstić information content (AvgIpc) is 2.09. The van der Waals surface area contributed by atoms with Crippen LogP contribution in [0.3, 0.4) is 0 Å². The normalized spacial score (nSPS) is 32.2. The van der Waals surface area contributed by atoms with Crippen molar-refractivity contribution in [3.05, 3.63) is 0 Å². The van der Waals surface area contributed by atoms with Crippen LogP contribution in [-0.2, 0) is 13.6 Å². The van der Waals surface area contributed by atoms with Gasteiger partial charge in [-0.25, -0.2) is 4.57 Å². The minimum absolute atomic E-state index is 1.14. The molecule has 11 heteroatoms. The summed E-state index contributed by atoms with van der Waals surface area (Å²) in [6.45, 7) is -0.988. The highest BCUT2D eigenvalue weighted by atomic mass is 35.7. The van der Waals surface area contributed by atoms with Crippen molar-refractivity contribution in [1.82, 2.24) is 0 Å². The van der Waals surface area contributed by atoms with Gasteiger partial charge in [0.2, 0.25) is 0 Å². The van der Waals surface area contributed by atoms with Crippen LogP contribution in [0.15, 0.2) is 0 Å². The minimum atomic E-state index is -5.83. The van der Waals surface area contributed by atoms with Gasteiger partial charge in [-0.1, -0.05) is 20.8 Å². The smallest absolute Gasteiger partial charge is 0.293 e. The largest absolute Gasteiger partial charge is 0.427 e. The molecule has 1 aliphatic heterocycles. The van der Waals surface area contributed by atoms with Crippen LogP contribution in [0.5, 0.6) is 0 Å². The Morgan fingerprint density at radius 2 is 1.50 bits per heavy atom. The Labute approximate surface area is 115 Å². The molecule has 0 saturated carbocycles. The van der Waals surface area contributed by atoms with E-state index in [-0.39, 0.29) is 0 Å². The van der Waals surface area contributed by atoms with E-state index < -0.39 is 42.8 Å². The maximum Gasteiger partial charge on any atom is 0.427 e. The van der Waals surface area contributed by atoms with E-state index in [1.165, 1.54) is 20.8 Å². The maximum absolute atomic E-state index is 12.9. The van der Waals surface area contributed by atoms with E-state index in [0.29, 0.717) is 0 Å². The molecular weight excluding hydrogens is 337 g/mol. The zero-order valence-corrected chi connectivity index (χ0v) is 12.3. The first-order chi connectivity index (χ1) is 8.52. The summed E-state index contributed by atoms with van der Waals surface area (Å²) in [5, 5.41) is 0. The molecule has 1 fully saturated rings. The molecule has 1 aliphatic rings. The number of alkyl halides is 6. The molecule has 0 aromatic carbocycles. The van der Waals surface area contributed by atoms with E-state index in [1.807, 2.05) is 0 Å². The van der Waals surface area contributed by atoms with Gasteiger partial charge < -0.3 is 0 Å². The highest BCUT2D eigenvalue weighted by molar-refractivity contribution is 7.81. The van der Waals surface area contributed by atoms with E-state index in [0.717, 1.165) is 0 Å². The number of halogens is 7. The van der Waals surface area contributed by atoms with Crippen molar-refractivity contribution in [2.75, 3.05) is 0 Å². The van der Waals surface area contributed by atoms with Crippen molar-refractivity contribution in [2.24, 2.45) is 5.41 Å². The molecule has 0 N–H and O–H groups in total. The highest BCUT2D eigenvalue weighted by Crippen LogP contribution is 2.68. The third-order valence-electron chi connectivity index (χ3n) is 2.87. The summed E-state index contributed by atoms with van der Waals surface area (Å²) in [5.41, 5.74) is -5.75. The lowest BCUT2D eigenvalue weighted by atomic mass is 9.81. The molecule has 2 atom stereocenters. The predicted octanol–water partition coefficient (Wildman–Crippen LogP) is 5.05. The Kier molecular flexibility index (Phi) is 4.30. The number of rotatable bonds is 0. The summed E-state index contributed by atoms with van der Waals surface area (Å²) in [5.74, 6) is 0. The minimum Gasteiger partial charge on any atom is -0.293 e. The Balaban J connectivity index is 3.42. The van der Waals surface area contributed by atoms with Gasteiger partial charge in [-0.3, -0.25) is 9.05 Å². The first-order valence-corrected chi connectivity index (χ1v) is 7.79. The van der Waals surface area contributed by atoms with Crippen LogP contribution in [0.2, 0.25) is 0 Å². The first-order valence-electron chi connectivity index (χ1n) is 5.34. The van der Waals surface area contributed by atoms with Gasteiger partial charge in [0.05, 0.1) is 6.10 Å². The summed E-state index contributed by atoms with van der Waals surface area (Å²) in [6, 6.07) is 0.